The van der Waals surface area contributed by atoms with Gasteiger partial charge in [-0.15, -0.1) is 0 Å². The number of rotatable bonds is 0. The number of fused-ring (bicyclic) bond motifs is 1. The summed E-state index contributed by atoms with van der Waals surface area (Å²) >= 11 is 0. The molecular formula is C8H12BN. The van der Waals surface area contributed by atoms with Gasteiger partial charge in [0.15, 0.2) is 0 Å². The lowest BCUT2D eigenvalue weighted by Crippen LogP contribution is -2.42. The van der Waals surface area contributed by atoms with Gasteiger partial charge in [0.25, 0.3) is 0 Å². The zero-order chi connectivity index (χ0) is 6.81. The standard InChI is InChI=1S/C8H12BN/c1-3-7-10-8-4-2-6-9(10)5-1/h1-4H,5-8H2. The second-order valence-corrected chi connectivity index (χ2v) is 3.02. The van der Waals surface area contributed by atoms with E-state index in [0.29, 0.717) is 0 Å². The fraction of sp³-hybridized carbons (Fsp3) is 0.500. The maximum Gasteiger partial charge on any atom is 0.231 e. The van der Waals surface area contributed by atoms with E-state index in [-0.39, 0.29) is 0 Å². The van der Waals surface area contributed by atoms with Crippen molar-refractivity contribution in [1.82, 2.24) is 4.81 Å². The van der Waals surface area contributed by atoms with Crippen LogP contribution >= 0.6 is 0 Å². The highest BCUT2D eigenvalue weighted by Gasteiger charge is 2.23. The first-order valence-electron chi connectivity index (χ1n) is 4.01. The van der Waals surface area contributed by atoms with Crippen molar-refractivity contribution >= 4 is 6.85 Å². The molecule has 0 unspecified atom stereocenters. The molecule has 0 atom stereocenters. The fourth-order valence-electron chi connectivity index (χ4n) is 1.69. The van der Waals surface area contributed by atoms with Crippen LogP contribution in [0.2, 0.25) is 12.6 Å². The van der Waals surface area contributed by atoms with E-state index >= 15 is 0 Å². The molecule has 0 bridgehead atoms. The van der Waals surface area contributed by atoms with Crippen LogP contribution in [0.25, 0.3) is 0 Å². The fourth-order valence-corrected chi connectivity index (χ4v) is 1.69. The second kappa shape index (κ2) is 2.63. The van der Waals surface area contributed by atoms with Gasteiger partial charge in [-0.1, -0.05) is 24.3 Å². The number of allylic oxidation sites excluding steroid dienone is 2. The van der Waals surface area contributed by atoms with Gasteiger partial charge < -0.3 is 4.81 Å². The minimum Gasteiger partial charge on any atom is -0.335 e. The zero-order valence-electron chi connectivity index (χ0n) is 6.16. The predicted octanol–water partition coefficient (Wildman–Crippen LogP) is 1.42. The molecule has 2 aliphatic heterocycles. The summed E-state index contributed by atoms with van der Waals surface area (Å²) in [6.45, 7) is 3.14. The van der Waals surface area contributed by atoms with Crippen LogP contribution in [0.5, 0.6) is 0 Å². The Bertz CT molecular complexity index is 138. The molecular weight excluding hydrogens is 121 g/mol. The van der Waals surface area contributed by atoms with Gasteiger partial charge in [0, 0.05) is 13.1 Å². The Labute approximate surface area is 62.5 Å². The van der Waals surface area contributed by atoms with E-state index in [0.717, 1.165) is 19.9 Å². The van der Waals surface area contributed by atoms with E-state index < -0.39 is 0 Å². The summed E-state index contributed by atoms with van der Waals surface area (Å²) in [5, 5.41) is 0. The Kier molecular flexibility index (Phi) is 1.64. The molecule has 0 fully saturated rings. The van der Waals surface area contributed by atoms with Crippen LogP contribution in [0.15, 0.2) is 24.3 Å². The Morgan fingerprint density at radius 1 is 0.900 bits per heavy atom. The molecule has 0 spiro atoms. The van der Waals surface area contributed by atoms with Crippen LogP contribution in [-0.2, 0) is 0 Å². The monoisotopic (exact) mass is 133 g/mol. The molecule has 0 aromatic rings. The third-order valence-corrected chi connectivity index (χ3v) is 2.35. The van der Waals surface area contributed by atoms with Crippen LogP contribution in [0.4, 0.5) is 0 Å². The topological polar surface area (TPSA) is 3.24 Å². The molecule has 2 heterocycles. The van der Waals surface area contributed by atoms with Gasteiger partial charge >= 0.3 is 0 Å². The first kappa shape index (κ1) is 6.23. The van der Waals surface area contributed by atoms with Gasteiger partial charge in [0.1, 0.15) is 0 Å². The molecule has 0 N–H and O–H groups in total. The zero-order valence-corrected chi connectivity index (χ0v) is 6.16. The van der Waals surface area contributed by atoms with Gasteiger partial charge in [-0.2, -0.15) is 0 Å². The van der Waals surface area contributed by atoms with Crippen LogP contribution in [0.3, 0.4) is 0 Å². The average Bonchev–Trinajstić information content (AvgIpc) is 2.05. The molecule has 10 heavy (non-hydrogen) atoms. The lowest BCUT2D eigenvalue weighted by molar-refractivity contribution is 0.513. The second-order valence-electron chi connectivity index (χ2n) is 3.02. The van der Waals surface area contributed by atoms with Gasteiger partial charge in [0.05, 0.1) is 0 Å². The summed E-state index contributed by atoms with van der Waals surface area (Å²) in [6.07, 6.45) is 11.7. The Hall–Kier alpha value is -0.495. The van der Waals surface area contributed by atoms with Crippen LogP contribution in [0, 0.1) is 0 Å². The highest BCUT2D eigenvalue weighted by atomic mass is 15.1. The van der Waals surface area contributed by atoms with Crippen LogP contribution in [-0.4, -0.2) is 24.7 Å². The maximum atomic E-state index is 2.53. The summed E-state index contributed by atoms with van der Waals surface area (Å²) in [5.74, 6) is 0. The lowest BCUT2D eigenvalue weighted by Gasteiger charge is -2.31. The Morgan fingerprint density at radius 3 is 2.00 bits per heavy atom. The normalized spacial score (nSPS) is 25.0. The van der Waals surface area contributed by atoms with Crippen molar-refractivity contribution in [3.8, 4) is 0 Å². The molecule has 52 valence electrons. The molecule has 0 radical (unpaired) electrons. The minimum absolute atomic E-state index is 0.815. The third kappa shape index (κ3) is 1.04. The molecule has 0 amide bonds. The summed E-state index contributed by atoms with van der Waals surface area (Å²) in [7, 11) is 0. The van der Waals surface area contributed by atoms with Crippen molar-refractivity contribution < 1.29 is 0 Å². The quantitative estimate of drug-likeness (QED) is 0.356. The molecule has 2 heteroatoms. The Morgan fingerprint density at radius 2 is 1.50 bits per heavy atom. The molecule has 0 aromatic carbocycles. The third-order valence-electron chi connectivity index (χ3n) is 2.35. The van der Waals surface area contributed by atoms with E-state index in [2.05, 4.69) is 29.1 Å². The van der Waals surface area contributed by atoms with Crippen molar-refractivity contribution in [3.05, 3.63) is 24.3 Å². The summed E-state index contributed by atoms with van der Waals surface area (Å²) in [5.41, 5.74) is 0. The number of hydrogen-bond donors (Lipinski definition) is 0. The smallest absolute Gasteiger partial charge is 0.231 e. The Balaban J connectivity index is 2.09. The van der Waals surface area contributed by atoms with E-state index in [9.17, 15) is 0 Å². The first-order valence-corrected chi connectivity index (χ1v) is 4.01. The highest BCUT2D eigenvalue weighted by Crippen LogP contribution is 2.16. The van der Waals surface area contributed by atoms with Gasteiger partial charge in [-0.25, -0.2) is 0 Å². The molecule has 2 aliphatic rings. The highest BCUT2D eigenvalue weighted by molar-refractivity contribution is 6.57. The van der Waals surface area contributed by atoms with Crippen molar-refractivity contribution in [2.24, 2.45) is 0 Å². The molecule has 0 saturated heterocycles. The molecule has 2 rings (SSSR count). The predicted molar refractivity (Wildman–Crippen MR) is 45.2 cm³/mol. The van der Waals surface area contributed by atoms with Crippen LogP contribution in [0.1, 0.15) is 0 Å². The lowest BCUT2D eigenvalue weighted by atomic mass is 9.52. The van der Waals surface area contributed by atoms with Gasteiger partial charge in [-0.05, 0) is 12.6 Å². The summed E-state index contributed by atoms with van der Waals surface area (Å²) in [4.78, 5) is 2.53. The SMILES string of the molecule is C1=CCN2CC=CCB2C1. The maximum absolute atomic E-state index is 2.53. The van der Waals surface area contributed by atoms with Crippen molar-refractivity contribution in [1.29, 1.82) is 0 Å². The van der Waals surface area contributed by atoms with E-state index in [4.69, 9.17) is 0 Å². The van der Waals surface area contributed by atoms with Crippen LogP contribution < -0.4 is 0 Å². The summed E-state index contributed by atoms with van der Waals surface area (Å²) in [6, 6.07) is 0. The largest absolute Gasteiger partial charge is 0.335 e. The molecule has 0 aromatic heterocycles. The van der Waals surface area contributed by atoms with Crippen molar-refractivity contribution in [3.63, 3.8) is 0 Å². The van der Waals surface area contributed by atoms with Crippen molar-refractivity contribution in [2.75, 3.05) is 13.1 Å². The van der Waals surface area contributed by atoms with Gasteiger partial charge in [-0.3, -0.25) is 0 Å². The number of nitrogens with zero attached hydrogens (tertiary/aromatic N) is 1. The molecule has 0 saturated carbocycles. The number of hydrogen-bond acceptors (Lipinski definition) is 1. The van der Waals surface area contributed by atoms with E-state index in [1.165, 1.54) is 12.6 Å². The van der Waals surface area contributed by atoms with E-state index in [1.54, 1.807) is 0 Å². The average molecular weight is 133 g/mol. The van der Waals surface area contributed by atoms with Crippen molar-refractivity contribution in [2.45, 2.75) is 12.6 Å². The summed E-state index contributed by atoms with van der Waals surface area (Å²) < 4.78 is 0. The minimum atomic E-state index is 0.815. The molecule has 1 nitrogen and oxygen atoms in total. The molecule has 0 aliphatic carbocycles. The van der Waals surface area contributed by atoms with E-state index in [1.807, 2.05) is 0 Å². The first-order chi connectivity index (χ1) is 4.97. The van der Waals surface area contributed by atoms with Gasteiger partial charge in [0.2, 0.25) is 6.85 Å².